The molecule has 15 heavy (non-hydrogen) atoms. The average molecular weight is 225 g/mol. The summed E-state index contributed by atoms with van der Waals surface area (Å²) >= 11 is 1.98. The molecule has 0 amide bonds. The van der Waals surface area contributed by atoms with Crippen LogP contribution in [-0.2, 0) is 24.1 Å². The van der Waals surface area contributed by atoms with Gasteiger partial charge < -0.3 is 10.1 Å². The molecule has 1 N–H and O–H groups in total. The van der Waals surface area contributed by atoms with Crippen molar-refractivity contribution in [3.05, 3.63) is 21.4 Å². The highest BCUT2D eigenvalue weighted by molar-refractivity contribution is 7.12. The van der Waals surface area contributed by atoms with Crippen LogP contribution in [0.5, 0.6) is 0 Å². The molecule has 0 aromatic carbocycles. The smallest absolute Gasteiger partial charge is 0.0667 e. The molecule has 2 rings (SSSR count). The first-order valence-corrected chi connectivity index (χ1v) is 6.45. The Morgan fingerprint density at radius 2 is 2.40 bits per heavy atom. The highest BCUT2D eigenvalue weighted by Gasteiger charge is 2.14. The van der Waals surface area contributed by atoms with E-state index in [1.165, 1.54) is 24.1 Å². The van der Waals surface area contributed by atoms with Gasteiger partial charge in [0.15, 0.2) is 0 Å². The summed E-state index contributed by atoms with van der Waals surface area (Å²) < 4.78 is 5.19. The summed E-state index contributed by atoms with van der Waals surface area (Å²) in [7, 11) is 1.76. The minimum atomic E-state index is 0.303. The van der Waals surface area contributed by atoms with E-state index >= 15 is 0 Å². The number of rotatable bonds is 5. The Hall–Kier alpha value is -0.380. The zero-order valence-corrected chi connectivity index (χ0v) is 10.3. The van der Waals surface area contributed by atoms with Crippen LogP contribution in [-0.4, -0.2) is 19.8 Å². The van der Waals surface area contributed by atoms with E-state index in [4.69, 9.17) is 4.74 Å². The zero-order chi connectivity index (χ0) is 10.7. The Balaban J connectivity index is 1.79. The summed E-state index contributed by atoms with van der Waals surface area (Å²) in [6.07, 6.45) is 4.25. The van der Waals surface area contributed by atoms with Crippen LogP contribution in [0.15, 0.2) is 6.07 Å². The van der Waals surface area contributed by atoms with Gasteiger partial charge in [0.25, 0.3) is 0 Å². The molecule has 0 bridgehead atoms. The van der Waals surface area contributed by atoms with Crippen molar-refractivity contribution in [2.75, 3.05) is 13.7 Å². The molecule has 1 aromatic heterocycles. The van der Waals surface area contributed by atoms with Crippen LogP contribution >= 0.6 is 11.3 Å². The lowest BCUT2D eigenvalue weighted by Crippen LogP contribution is -2.25. The summed E-state index contributed by atoms with van der Waals surface area (Å²) in [5, 5.41) is 3.43. The molecule has 0 fully saturated rings. The molecule has 0 spiro atoms. The SMILES string of the molecule is COC(C)CNCc1cc2c(s1)CCC2. The highest BCUT2D eigenvalue weighted by Crippen LogP contribution is 2.30. The first-order chi connectivity index (χ1) is 7.29. The van der Waals surface area contributed by atoms with Crippen molar-refractivity contribution < 1.29 is 4.74 Å². The van der Waals surface area contributed by atoms with Crippen molar-refractivity contribution in [1.82, 2.24) is 5.32 Å². The molecular weight excluding hydrogens is 206 g/mol. The first kappa shape index (κ1) is 11.1. The van der Waals surface area contributed by atoms with Gasteiger partial charge in [-0.15, -0.1) is 11.3 Å². The van der Waals surface area contributed by atoms with E-state index in [0.29, 0.717) is 6.10 Å². The predicted molar refractivity (Wildman–Crippen MR) is 64.5 cm³/mol. The molecule has 1 atom stereocenters. The van der Waals surface area contributed by atoms with Gasteiger partial charge in [-0.25, -0.2) is 0 Å². The summed E-state index contributed by atoms with van der Waals surface area (Å²) in [5.41, 5.74) is 1.59. The maximum absolute atomic E-state index is 5.19. The molecule has 1 aromatic rings. The van der Waals surface area contributed by atoms with Gasteiger partial charge in [-0.1, -0.05) is 0 Å². The van der Waals surface area contributed by atoms with E-state index in [-0.39, 0.29) is 0 Å². The van der Waals surface area contributed by atoms with E-state index in [2.05, 4.69) is 18.3 Å². The monoisotopic (exact) mass is 225 g/mol. The zero-order valence-electron chi connectivity index (χ0n) is 9.51. The quantitative estimate of drug-likeness (QED) is 0.830. The van der Waals surface area contributed by atoms with Gasteiger partial charge in [0.2, 0.25) is 0 Å². The van der Waals surface area contributed by atoms with Crippen LogP contribution in [0.1, 0.15) is 28.7 Å². The van der Waals surface area contributed by atoms with Crippen LogP contribution in [0.4, 0.5) is 0 Å². The van der Waals surface area contributed by atoms with Gasteiger partial charge in [-0.2, -0.15) is 0 Å². The third kappa shape index (κ3) is 2.80. The van der Waals surface area contributed by atoms with E-state index in [1.54, 1.807) is 17.6 Å². The fourth-order valence-corrected chi connectivity index (χ4v) is 3.19. The van der Waals surface area contributed by atoms with E-state index < -0.39 is 0 Å². The molecule has 3 heteroatoms. The standard InChI is InChI=1S/C12H19NOS/c1-9(14-2)7-13-8-11-6-10-4-3-5-12(10)15-11/h6,9,13H,3-5,7-8H2,1-2H3. The van der Waals surface area contributed by atoms with Crippen molar-refractivity contribution in [2.45, 2.75) is 38.8 Å². The van der Waals surface area contributed by atoms with Crippen molar-refractivity contribution in [2.24, 2.45) is 0 Å². The second-order valence-electron chi connectivity index (χ2n) is 4.19. The second-order valence-corrected chi connectivity index (χ2v) is 5.41. The number of methoxy groups -OCH3 is 1. The molecule has 1 unspecified atom stereocenters. The topological polar surface area (TPSA) is 21.3 Å². The molecule has 0 aliphatic heterocycles. The average Bonchev–Trinajstić information content (AvgIpc) is 2.77. The summed E-state index contributed by atoms with van der Waals surface area (Å²) in [4.78, 5) is 3.09. The number of ether oxygens (including phenoxy) is 1. The molecule has 1 heterocycles. The lowest BCUT2D eigenvalue weighted by atomic mass is 10.2. The number of fused-ring (bicyclic) bond motifs is 1. The molecule has 84 valence electrons. The van der Waals surface area contributed by atoms with Gasteiger partial charge in [-0.05, 0) is 37.8 Å². The van der Waals surface area contributed by atoms with Crippen molar-refractivity contribution in [1.29, 1.82) is 0 Å². The second kappa shape index (κ2) is 5.10. The Labute approximate surface area is 95.6 Å². The van der Waals surface area contributed by atoms with Gasteiger partial charge in [0.05, 0.1) is 6.10 Å². The van der Waals surface area contributed by atoms with Gasteiger partial charge in [0.1, 0.15) is 0 Å². The molecular formula is C12H19NOS. The van der Waals surface area contributed by atoms with Crippen molar-refractivity contribution in [3.63, 3.8) is 0 Å². The number of hydrogen-bond acceptors (Lipinski definition) is 3. The molecule has 0 saturated carbocycles. The van der Waals surface area contributed by atoms with Crippen molar-refractivity contribution >= 4 is 11.3 Å². The van der Waals surface area contributed by atoms with E-state index in [9.17, 15) is 0 Å². The van der Waals surface area contributed by atoms with Crippen LogP contribution in [0, 0.1) is 0 Å². The summed E-state index contributed by atoms with van der Waals surface area (Å²) in [5.74, 6) is 0. The van der Waals surface area contributed by atoms with Crippen LogP contribution in [0.25, 0.3) is 0 Å². The molecule has 1 aliphatic carbocycles. The van der Waals surface area contributed by atoms with Gasteiger partial charge in [-0.3, -0.25) is 0 Å². The maximum atomic E-state index is 5.19. The number of thiophene rings is 1. The number of hydrogen-bond donors (Lipinski definition) is 1. The van der Waals surface area contributed by atoms with Crippen LogP contribution < -0.4 is 5.32 Å². The van der Waals surface area contributed by atoms with Crippen LogP contribution in [0.2, 0.25) is 0 Å². The predicted octanol–water partition coefficient (Wildman–Crippen LogP) is 2.36. The lowest BCUT2D eigenvalue weighted by Gasteiger charge is -2.09. The normalized spacial score (nSPS) is 16.7. The molecule has 1 aliphatic rings. The first-order valence-electron chi connectivity index (χ1n) is 5.63. The fourth-order valence-electron chi connectivity index (χ4n) is 1.96. The van der Waals surface area contributed by atoms with Gasteiger partial charge >= 0.3 is 0 Å². The summed E-state index contributed by atoms with van der Waals surface area (Å²) in [6, 6.07) is 2.37. The van der Waals surface area contributed by atoms with E-state index in [0.717, 1.165) is 13.1 Å². The Kier molecular flexibility index (Phi) is 3.78. The fraction of sp³-hybridized carbons (Fsp3) is 0.667. The minimum absolute atomic E-state index is 0.303. The largest absolute Gasteiger partial charge is 0.380 e. The summed E-state index contributed by atoms with van der Waals surface area (Å²) in [6.45, 7) is 4.01. The van der Waals surface area contributed by atoms with E-state index in [1.807, 2.05) is 11.3 Å². The number of aryl methyl sites for hydroxylation is 2. The molecule has 0 saturated heterocycles. The number of nitrogens with one attached hydrogen (secondary N) is 1. The molecule has 2 nitrogen and oxygen atoms in total. The Morgan fingerprint density at radius 1 is 1.53 bits per heavy atom. The third-order valence-corrected chi connectivity index (χ3v) is 4.17. The van der Waals surface area contributed by atoms with Crippen LogP contribution in [0.3, 0.4) is 0 Å². The molecule has 0 radical (unpaired) electrons. The maximum Gasteiger partial charge on any atom is 0.0667 e. The Morgan fingerprint density at radius 3 is 3.13 bits per heavy atom. The lowest BCUT2D eigenvalue weighted by molar-refractivity contribution is 0.117. The van der Waals surface area contributed by atoms with Gasteiger partial charge in [0, 0.05) is 30.0 Å². The van der Waals surface area contributed by atoms with Crippen molar-refractivity contribution in [3.8, 4) is 0 Å². The third-order valence-electron chi connectivity index (χ3n) is 2.93. The minimum Gasteiger partial charge on any atom is -0.380 e. The highest BCUT2D eigenvalue weighted by atomic mass is 32.1. The Bertz CT molecular complexity index is 300.